The SMILES string of the molecule is CCOc1ccccc1C1(C#N)CCC(NCCNC(=O)N2C(=O)OC[C@@H]2c2ccc(F)c(F)c2)CC1. The van der Waals surface area contributed by atoms with Crippen molar-refractivity contribution in [3.05, 3.63) is 65.2 Å². The van der Waals surface area contributed by atoms with Gasteiger partial charge in [0.1, 0.15) is 18.4 Å². The van der Waals surface area contributed by atoms with Gasteiger partial charge in [0.2, 0.25) is 0 Å². The summed E-state index contributed by atoms with van der Waals surface area (Å²) in [7, 11) is 0. The van der Waals surface area contributed by atoms with E-state index in [1.54, 1.807) is 0 Å². The number of amides is 3. The van der Waals surface area contributed by atoms with Gasteiger partial charge in [-0.25, -0.2) is 23.3 Å². The molecule has 196 valence electrons. The number of urea groups is 1. The monoisotopic (exact) mass is 512 g/mol. The minimum Gasteiger partial charge on any atom is -0.494 e. The van der Waals surface area contributed by atoms with Gasteiger partial charge in [-0.05, 0) is 56.4 Å². The quantitative estimate of drug-likeness (QED) is 0.503. The van der Waals surface area contributed by atoms with Crippen molar-refractivity contribution in [3.63, 3.8) is 0 Å². The van der Waals surface area contributed by atoms with E-state index in [-0.39, 0.29) is 24.8 Å². The Kier molecular flexibility index (Phi) is 8.24. The molecule has 4 rings (SSSR count). The molecule has 37 heavy (non-hydrogen) atoms. The minimum absolute atomic E-state index is 0.134. The van der Waals surface area contributed by atoms with Crippen LogP contribution in [0, 0.1) is 23.0 Å². The number of nitriles is 1. The summed E-state index contributed by atoms with van der Waals surface area (Å²) in [6.07, 6.45) is 2.12. The van der Waals surface area contributed by atoms with Crippen LogP contribution >= 0.6 is 0 Å². The molecule has 2 aromatic carbocycles. The lowest BCUT2D eigenvalue weighted by molar-refractivity contribution is 0.158. The molecule has 3 amide bonds. The van der Waals surface area contributed by atoms with E-state index in [0.29, 0.717) is 26.0 Å². The molecular formula is C27H30F2N4O4. The molecule has 1 heterocycles. The molecule has 1 aliphatic heterocycles. The molecular weight excluding hydrogens is 482 g/mol. The summed E-state index contributed by atoms with van der Waals surface area (Å²) in [5.74, 6) is -1.32. The van der Waals surface area contributed by atoms with Crippen LogP contribution in [0.1, 0.15) is 49.8 Å². The van der Waals surface area contributed by atoms with Crippen LogP contribution in [0.4, 0.5) is 18.4 Å². The number of ether oxygens (including phenoxy) is 2. The minimum atomic E-state index is -1.06. The summed E-state index contributed by atoms with van der Waals surface area (Å²) in [6, 6.07) is 12.1. The van der Waals surface area contributed by atoms with E-state index in [0.717, 1.165) is 41.2 Å². The molecule has 0 spiro atoms. The van der Waals surface area contributed by atoms with Gasteiger partial charge in [0.25, 0.3) is 0 Å². The average molecular weight is 513 g/mol. The molecule has 0 bridgehead atoms. The maximum atomic E-state index is 13.7. The molecule has 0 unspecified atom stereocenters. The molecule has 1 atom stereocenters. The van der Waals surface area contributed by atoms with Gasteiger partial charge in [-0.3, -0.25) is 0 Å². The zero-order valence-electron chi connectivity index (χ0n) is 20.6. The van der Waals surface area contributed by atoms with Crippen molar-refractivity contribution in [2.24, 2.45) is 0 Å². The van der Waals surface area contributed by atoms with Crippen LogP contribution in [0.3, 0.4) is 0 Å². The maximum absolute atomic E-state index is 13.7. The van der Waals surface area contributed by atoms with Crippen molar-refractivity contribution in [2.45, 2.75) is 50.1 Å². The van der Waals surface area contributed by atoms with E-state index in [2.05, 4.69) is 16.7 Å². The highest BCUT2D eigenvalue weighted by molar-refractivity contribution is 5.92. The summed E-state index contributed by atoms with van der Waals surface area (Å²) < 4.78 is 37.7. The number of carbonyl (C=O) groups excluding carboxylic acids is 2. The predicted octanol–water partition coefficient (Wildman–Crippen LogP) is 4.56. The van der Waals surface area contributed by atoms with Crippen molar-refractivity contribution in [1.82, 2.24) is 15.5 Å². The number of cyclic esters (lactones) is 1. The number of para-hydroxylation sites is 1. The number of carbonyl (C=O) groups is 2. The number of imide groups is 1. The summed E-state index contributed by atoms with van der Waals surface area (Å²) in [5, 5.41) is 16.1. The third-order valence-corrected chi connectivity index (χ3v) is 7.01. The first-order chi connectivity index (χ1) is 17.9. The van der Waals surface area contributed by atoms with E-state index in [9.17, 15) is 23.6 Å². The van der Waals surface area contributed by atoms with Gasteiger partial charge in [-0.2, -0.15) is 5.26 Å². The molecule has 0 radical (unpaired) electrons. The summed E-state index contributed by atoms with van der Waals surface area (Å²) in [4.78, 5) is 25.7. The molecule has 1 aliphatic carbocycles. The van der Waals surface area contributed by atoms with Gasteiger partial charge in [-0.1, -0.05) is 24.3 Å². The molecule has 2 N–H and O–H groups in total. The molecule has 2 aromatic rings. The van der Waals surface area contributed by atoms with E-state index < -0.39 is 35.2 Å². The Morgan fingerprint density at radius 2 is 1.95 bits per heavy atom. The molecule has 0 aromatic heterocycles. The van der Waals surface area contributed by atoms with Gasteiger partial charge < -0.3 is 20.1 Å². The fourth-order valence-electron chi connectivity index (χ4n) is 5.04. The molecule has 1 saturated heterocycles. The van der Waals surface area contributed by atoms with Crippen LogP contribution in [0.2, 0.25) is 0 Å². The lowest BCUT2D eigenvalue weighted by Gasteiger charge is -2.36. The number of hydrogen-bond donors (Lipinski definition) is 2. The van der Waals surface area contributed by atoms with Crippen molar-refractivity contribution in [3.8, 4) is 11.8 Å². The highest BCUT2D eigenvalue weighted by Crippen LogP contribution is 2.43. The zero-order chi connectivity index (χ0) is 26.4. The van der Waals surface area contributed by atoms with E-state index >= 15 is 0 Å². The maximum Gasteiger partial charge on any atom is 0.418 e. The first-order valence-corrected chi connectivity index (χ1v) is 12.4. The molecule has 2 fully saturated rings. The average Bonchev–Trinajstić information content (AvgIpc) is 3.30. The first-order valence-electron chi connectivity index (χ1n) is 12.4. The predicted molar refractivity (Wildman–Crippen MR) is 131 cm³/mol. The van der Waals surface area contributed by atoms with Crippen LogP contribution in [-0.4, -0.2) is 49.4 Å². The Labute approximate surface area is 214 Å². The third kappa shape index (κ3) is 5.67. The van der Waals surface area contributed by atoms with E-state index in [1.807, 2.05) is 31.2 Å². The van der Waals surface area contributed by atoms with E-state index in [4.69, 9.17) is 9.47 Å². The zero-order valence-corrected chi connectivity index (χ0v) is 20.6. The van der Waals surface area contributed by atoms with Crippen molar-refractivity contribution in [2.75, 3.05) is 26.3 Å². The van der Waals surface area contributed by atoms with Crippen molar-refractivity contribution < 1.29 is 27.8 Å². The molecule has 8 nitrogen and oxygen atoms in total. The Morgan fingerprint density at radius 1 is 1.19 bits per heavy atom. The summed E-state index contributed by atoms with van der Waals surface area (Å²) in [5.41, 5.74) is 0.605. The lowest BCUT2D eigenvalue weighted by atomic mass is 9.69. The smallest absolute Gasteiger partial charge is 0.418 e. The van der Waals surface area contributed by atoms with Crippen LogP contribution in [0.25, 0.3) is 0 Å². The fourth-order valence-corrected chi connectivity index (χ4v) is 5.04. The normalized spacial score (nSPS) is 23.3. The Balaban J connectivity index is 1.27. The fraction of sp³-hybridized carbons (Fsp3) is 0.444. The summed E-state index contributed by atoms with van der Waals surface area (Å²) in [6.45, 7) is 3.03. The topological polar surface area (TPSA) is 104 Å². The summed E-state index contributed by atoms with van der Waals surface area (Å²) >= 11 is 0. The molecule has 10 heteroatoms. The molecule has 2 aliphatic rings. The van der Waals surface area contributed by atoms with Gasteiger partial charge >= 0.3 is 12.1 Å². The lowest BCUT2D eigenvalue weighted by Crippen LogP contribution is -2.46. The number of rotatable bonds is 8. The highest BCUT2D eigenvalue weighted by atomic mass is 19.2. The van der Waals surface area contributed by atoms with Crippen LogP contribution in [0.5, 0.6) is 5.75 Å². The van der Waals surface area contributed by atoms with Crippen molar-refractivity contribution >= 4 is 12.1 Å². The standard InChI is InChI=1S/C27H30F2N4O4/c1-2-36-24-6-4-3-5-20(24)27(17-30)11-9-19(10-12-27)31-13-14-32-25(34)33-23(16-37-26(33)35)18-7-8-21(28)22(29)15-18/h3-8,15,19,23,31H,2,9-14,16H2,1H3,(H,32,34)/t19?,23-,27?/m1/s1. The van der Waals surface area contributed by atoms with Gasteiger partial charge in [0, 0.05) is 24.7 Å². The van der Waals surface area contributed by atoms with Crippen LogP contribution in [-0.2, 0) is 10.2 Å². The second-order valence-corrected chi connectivity index (χ2v) is 9.22. The number of benzene rings is 2. The van der Waals surface area contributed by atoms with Gasteiger partial charge in [0.15, 0.2) is 11.6 Å². The largest absolute Gasteiger partial charge is 0.494 e. The van der Waals surface area contributed by atoms with E-state index in [1.165, 1.54) is 6.07 Å². The van der Waals surface area contributed by atoms with Crippen LogP contribution < -0.4 is 15.4 Å². The Hall–Kier alpha value is -3.71. The number of halogens is 2. The number of nitrogens with zero attached hydrogens (tertiary/aromatic N) is 2. The Bertz CT molecular complexity index is 1180. The number of hydrogen-bond acceptors (Lipinski definition) is 6. The first kappa shape index (κ1) is 26.4. The van der Waals surface area contributed by atoms with Gasteiger partial charge in [0.05, 0.1) is 18.1 Å². The Morgan fingerprint density at radius 3 is 2.65 bits per heavy atom. The molecule has 1 saturated carbocycles. The highest BCUT2D eigenvalue weighted by Gasteiger charge is 2.40. The third-order valence-electron chi connectivity index (χ3n) is 7.01. The second-order valence-electron chi connectivity index (χ2n) is 9.22. The van der Waals surface area contributed by atoms with Gasteiger partial charge in [-0.15, -0.1) is 0 Å². The van der Waals surface area contributed by atoms with Crippen LogP contribution in [0.15, 0.2) is 42.5 Å². The number of nitrogens with one attached hydrogen (secondary N) is 2. The van der Waals surface area contributed by atoms with Crippen molar-refractivity contribution in [1.29, 1.82) is 5.26 Å². The second kappa shape index (κ2) is 11.6.